The van der Waals surface area contributed by atoms with E-state index in [-0.39, 0.29) is 51.8 Å². The summed E-state index contributed by atoms with van der Waals surface area (Å²) < 4.78 is 32.5. The van der Waals surface area contributed by atoms with Crippen LogP contribution in [0.3, 0.4) is 0 Å². The minimum absolute atomic E-state index is 0.0732. The minimum atomic E-state index is -3.58. The Morgan fingerprint density at radius 1 is 0.903 bits per heavy atom. The summed E-state index contributed by atoms with van der Waals surface area (Å²) in [5, 5.41) is 11.6. The molecule has 4 aromatic rings. The van der Waals surface area contributed by atoms with Gasteiger partial charge in [-0.2, -0.15) is 4.98 Å². The summed E-state index contributed by atoms with van der Waals surface area (Å²) in [6.45, 7) is 12.8. The van der Waals surface area contributed by atoms with Crippen molar-refractivity contribution >= 4 is 73.9 Å². The largest absolute Gasteiger partial charge is 0.489 e. The van der Waals surface area contributed by atoms with Gasteiger partial charge in [-0.1, -0.05) is 29.8 Å². The second-order valence-corrected chi connectivity index (χ2v) is 19.4. The number of imide groups is 2. The molecule has 0 aliphatic carbocycles. The first-order chi connectivity index (χ1) is 29.6. The van der Waals surface area contributed by atoms with E-state index < -0.39 is 44.8 Å². The quantitative estimate of drug-likeness (QED) is 0.0645. The Labute approximate surface area is 367 Å². The smallest absolute Gasteiger partial charge is 0.264 e. The molecule has 2 saturated heterocycles. The second kappa shape index (κ2) is 18.8. The van der Waals surface area contributed by atoms with Gasteiger partial charge in [0.1, 0.15) is 16.8 Å². The van der Waals surface area contributed by atoms with Crippen LogP contribution in [0.25, 0.3) is 0 Å². The Hall–Kier alpha value is -5.58. The van der Waals surface area contributed by atoms with Crippen LogP contribution in [0, 0.1) is 6.92 Å². The summed E-state index contributed by atoms with van der Waals surface area (Å²) in [5.74, 6) is -0.526. The number of para-hydroxylation sites is 1. The van der Waals surface area contributed by atoms with Gasteiger partial charge in [0.15, 0.2) is 15.7 Å². The van der Waals surface area contributed by atoms with Crippen molar-refractivity contribution in [2.45, 2.75) is 101 Å². The lowest BCUT2D eigenvalue weighted by molar-refractivity contribution is -0.136. The molecule has 0 saturated carbocycles. The molecule has 328 valence electrons. The summed E-state index contributed by atoms with van der Waals surface area (Å²) in [5.41, 5.74) is 4.51. The molecule has 3 aliphatic heterocycles. The summed E-state index contributed by atoms with van der Waals surface area (Å²) in [7, 11) is -3.58. The van der Waals surface area contributed by atoms with Crippen LogP contribution < -0.4 is 26.0 Å². The predicted molar refractivity (Wildman–Crippen MR) is 239 cm³/mol. The molecule has 3 aliphatic rings. The van der Waals surface area contributed by atoms with E-state index in [9.17, 15) is 27.6 Å². The Morgan fingerprint density at radius 3 is 2.37 bits per heavy atom. The molecule has 62 heavy (non-hydrogen) atoms. The van der Waals surface area contributed by atoms with Gasteiger partial charge in [0.2, 0.25) is 17.8 Å². The van der Waals surface area contributed by atoms with E-state index in [1.54, 1.807) is 56.3 Å². The summed E-state index contributed by atoms with van der Waals surface area (Å²) in [6, 6.07) is 14.9. The number of likely N-dealkylation sites (tertiary alicyclic amines) is 1. The topological polar surface area (TPSA) is 192 Å². The number of amides is 4. The fraction of sp³-hybridized carbons (Fsp3) is 0.422. The van der Waals surface area contributed by atoms with Gasteiger partial charge in [0, 0.05) is 18.7 Å². The number of unbranched alkanes of at least 4 members (excludes halogenated alkanes) is 1. The lowest BCUT2D eigenvalue weighted by Gasteiger charge is -2.33. The van der Waals surface area contributed by atoms with E-state index in [4.69, 9.17) is 16.3 Å². The number of carbonyl (C=O) groups is 4. The average molecular weight is 885 g/mol. The molecule has 0 spiro atoms. The standard InChI is InChI=1S/C45H53ClN8O7S/c1-26(2)61-37-24-31(28(5)23-35(37)50-45-48-25-32(46)41(52-45)49-33-12-6-7-14-38(33)62(59,60)27(3)4)29-17-21-53(22-18-29)20-9-8-19-47-34-13-10-11-30-40(34)44(58)54(43(30)57)36-15-16-39(55)51-42(36)56/h6-7,10-14,23-27,29,36,47H,8-9,15-22H2,1-5H3,(H,51,55,56)(H2,48,49,50,52). The molecule has 0 radical (unpaired) electrons. The first-order valence-electron chi connectivity index (χ1n) is 21.1. The molecule has 1 atom stereocenters. The van der Waals surface area contributed by atoms with E-state index in [1.807, 2.05) is 13.8 Å². The number of piperidine rings is 2. The lowest BCUT2D eigenvalue weighted by atomic mass is 9.86. The number of aromatic nitrogens is 2. The number of halogens is 1. The summed E-state index contributed by atoms with van der Waals surface area (Å²) in [6.07, 6.45) is 5.35. The van der Waals surface area contributed by atoms with E-state index in [1.165, 1.54) is 11.8 Å². The maximum atomic E-state index is 13.4. The molecular formula is C45H53ClN8O7S. The van der Waals surface area contributed by atoms with Crippen molar-refractivity contribution in [1.29, 1.82) is 0 Å². The van der Waals surface area contributed by atoms with Gasteiger partial charge >= 0.3 is 0 Å². The summed E-state index contributed by atoms with van der Waals surface area (Å²) in [4.78, 5) is 63.4. The fourth-order valence-electron chi connectivity index (χ4n) is 8.24. The molecular weight excluding hydrogens is 832 g/mol. The van der Waals surface area contributed by atoms with Crippen molar-refractivity contribution in [3.05, 3.63) is 88.1 Å². The van der Waals surface area contributed by atoms with E-state index >= 15 is 0 Å². The van der Waals surface area contributed by atoms with Crippen molar-refractivity contribution in [2.75, 3.05) is 42.1 Å². The SMILES string of the molecule is Cc1cc(Nc2ncc(Cl)c(Nc3ccccc3S(=O)(=O)C(C)C)n2)c(OC(C)C)cc1C1CCN(CCCCNc2cccc3c2C(=O)N(C2CCC(=O)NC2=O)C3=O)CC1. The van der Waals surface area contributed by atoms with Crippen LogP contribution in [0.1, 0.15) is 104 Å². The van der Waals surface area contributed by atoms with Crippen molar-refractivity contribution in [1.82, 2.24) is 25.1 Å². The first-order valence-corrected chi connectivity index (χ1v) is 23.1. The number of benzene rings is 3. The third kappa shape index (κ3) is 9.57. The Kier molecular flexibility index (Phi) is 13.5. The number of rotatable bonds is 16. The maximum Gasteiger partial charge on any atom is 0.264 e. The van der Waals surface area contributed by atoms with Gasteiger partial charge in [-0.3, -0.25) is 29.4 Å². The molecule has 1 aromatic heterocycles. The van der Waals surface area contributed by atoms with Crippen LogP contribution in [0.2, 0.25) is 5.02 Å². The Balaban J connectivity index is 0.938. The highest BCUT2D eigenvalue weighted by atomic mass is 35.5. The van der Waals surface area contributed by atoms with Crippen molar-refractivity contribution < 1.29 is 32.3 Å². The zero-order chi connectivity index (χ0) is 44.3. The molecule has 4 N–H and O–H groups in total. The number of aryl methyl sites for hydroxylation is 1. The number of hydrogen-bond donors (Lipinski definition) is 4. The molecule has 15 nitrogen and oxygen atoms in total. The van der Waals surface area contributed by atoms with Crippen molar-refractivity contribution in [3.63, 3.8) is 0 Å². The van der Waals surface area contributed by atoms with Crippen molar-refractivity contribution in [2.24, 2.45) is 0 Å². The van der Waals surface area contributed by atoms with E-state index in [2.05, 4.69) is 55.2 Å². The number of ether oxygens (including phenoxy) is 1. The zero-order valence-corrected chi connectivity index (χ0v) is 37.2. The van der Waals surface area contributed by atoms with E-state index in [0.29, 0.717) is 35.3 Å². The third-order valence-electron chi connectivity index (χ3n) is 11.5. The second-order valence-electron chi connectivity index (χ2n) is 16.5. The van der Waals surface area contributed by atoms with Gasteiger partial charge in [0.05, 0.1) is 44.9 Å². The van der Waals surface area contributed by atoms with Crippen LogP contribution in [0.15, 0.2) is 65.7 Å². The van der Waals surface area contributed by atoms with Crippen LogP contribution in [-0.2, 0) is 19.4 Å². The van der Waals surface area contributed by atoms with Crippen LogP contribution in [0.5, 0.6) is 5.75 Å². The Morgan fingerprint density at radius 2 is 1.65 bits per heavy atom. The van der Waals surface area contributed by atoms with E-state index in [0.717, 1.165) is 55.8 Å². The van der Waals surface area contributed by atoms with Gasteiger partial charge in [-0.25, -0.2) is 13.4 Å². The summed E-state index contributed by atoms with van der Waals surface area (Å²) >= 11 is 6.51. The highest BCUT2D eigenvalue weighted by Gasteiger charge is 2.45. The minimum Gasteiger partial charge on any atom is -0.489 e. The number of sulfone groups is 1. The van der Waals surface area contributed by atoms with Crippen LogP contribution in [0.4, 0.5) is 28.8 Å². The maximum absolute atomic E-state index is 13.4. The van der Waals surface area contributed by atoms with Crippen LogP contribution >= 0.6 is 11.6 Å². The highest BCUT2D eigenvalue weighted by Crippen LogP contribution is 2.39. The third-order valence-corrected chi connectivity index (χ3v) is 14.0. The molecule has 3 aromatic carbocycles. The number of fused-ring (bicyclic) bond motifs is 1. The number of anilines is 5. The predicted octanol–water partition coefficient (Wildman–Crippen LogP) is 7.37. The lowest BCUT2D eigenvalue weighted by Crippen LogP contribution is -2.54. The molecule has 4 amide bonds. The molecule has 1 unspecified atom stereocenters. The van der Waals surface area contributed by atoms with Gasteiger partial charge in [-0.05, 0) is 140 Å². The van der Waals surface area contributed by atoms with Gasteiger partial charge in [0.25, 0.3) is 11.8 Å². The van der Waals surface area contributed by atoms with Crippen LogP contribution in [-0.4, -0.2) is 95.4 Å². The Bertz CT molecular complexity index is 2490. The molecule has 2 fully saturated rings. The van der Waals surface area contributed by atoms with Crippen molar-refractivity contribution in [3.8, 4) is 5.75 Å². The normalized spacial score (nSPS) is 17.4. The molecule has 7 rings (SSSR count). The molecule has 0 bridgehead atoms. The highest BCUT2D eigenvalue weighted by molar-refractivity contribution is 7.92. The van der Waals surface area contributed by atoms with Gasteiger partial charge in [-0.15, -0.1) is 0 Å². The number of hydrogen-bond acceptors (Lipinski definition) is 13. The fourth-order valence-corrected chi connectivity index (χ4v) is 9.58. The first kappa shape index (κ1) is 44.5. The number of carbonyl (C=O) groups excluding carboxylic acids is 4. The molecule has 4 heterocycles. The van der Waals surface area contributed by atoms with Gasteiger partial charge < -0.3 is 25.6 Å². The number of nitrogens with one attached hydrogen (secondary N) is 4. The zero-order valence-electron chi connectivity index (χ0n) is 35.6. The average Bonchev–Trinajstić information content (AvgIpc) is 3.49. The monoisotopic (exact) mass is 884 g/mol. The number of nitrogens with zero attached hydrogens (tertiary/aromatic N) is 4. The molecule has 17 heteroatoms.